The van der Waals surface area contributed by atoms with Crippen LogP contribution in [0.3, 0.4) is 0 Å². The maximum absolute atomic E-state index is 12.5. The van der Waals surface area contributed by atoms with Crippen LogP contribution in [0.5, 0.6) is 0 Å². The van der Waals surface area contributed by atoms with Crippen molar-refractivity contribution in [2.45, 2.75) is 11.3 Å². The molecule has 0 spiro atoms. The van der Waals surface area contributed by atoms with Crippen LogP contribution in [0.25, 0.3) is 0 Å². The summed E-state index contributed by atoms with van der Waals surface area (Å²) in [6.45, 7) is 1.87. The van der Waals surface area contributed by atoms with Crippen LogP contribution in [0.1, 0.15) is 16.8 Å². The molecule has 0 radical (unpaired) electrons. The molecule has 1 aliphatic heterocycles. The monoisotopic (exact) mass is 333 g/mol. The molecular weight excluding hydrogens is 314 g/mol. The lowest BCUT2D eigenvalue weighted by Crippen LogP contribution is -2.30. The first-order valence-corrected chi connectivity index (χ1v) is 7.94. The van der Waals surface area contributed by atoms with Gasteiger partial charge in [-0.15, -0.1) is 12.4 Å². The summed E-state index contributed by atoms with van der Waals surface area (Å²) < 4.78 is 26.4. The zero-order chi connectivity index (χ0) is 14.8. The third-order valence-electron chi connectivity index (χ3n) is 3.52. The van der Waals surface area contributed by atoms with Crippen molar-refractivity contribution in [3.63, 3.8) is 0 Å². The van der Waals surface area contributed by atoms with Crippen molar-refractivity contribution in [3.05, 3.63) is 29.8 Å². The fourth-order valence-corrected chi connectivity index (χ4v) is 3.94. The Morgan fingerprint density at radius 2 is 2.00 bits per heavy atom. The van der Waals surface area contributed by atoms with E-state index < -0.39 is 15.9 Å². The number of nitrogens with zero attached hydrogens (tertiary/aromatic N) is 1. The van der Waals surface area contributed by atoms with Gasteiger partial charge in [0, 0.05) is 18.7 Å². The molecule has 1 heterocycles. The van der Waals surface area contributed by atoms with Crippen LogP contribution in [0.2, 0.25) is 0 Å². The first-order chi connectivity index (χ1) is 9.45. The van der Waals surface area contributed by atoms with E-state index in [1.165, 1.54) is 28.6 Å². The highest BCUT2D eigenvalue weighted by Crippen LogP contribution is 2.24. The average Bonchev–Trinajstić information content (AvgIpc) is 2.88. The van der Waals surface area contributed by atoms with Crippen molar-refractivity contribution in [1.29, 1.82) is 0 Å². The van der Waals surface area contributed by atoms with Gasteiger partial charge in [0.05, 0.1) is 4.90 Å². The number of rotatable bonds is 5. The molecule has 2 rings (SSSR count). The van der Waals surface area contributed by atoms with Gasteiger partial charge in [0.1, 0.15) is 0 Å². The number of hydrogen-bond acceptors (Lipinski definition) is 4. The van der Waals surface area contributed by atoms with Crippen molar-refractivity contribution in [2.75, 3.05) is 26.7 Å². The van der Waals surface area contributed by atoms with Crippen LogP contribution in [-0.2, 0) is 10.0 Å². The minimum Gasteiger partial charge on any atom is -0.366 e. The van der Waals surface area contributed by atoms with Crippen molar-refractivity contribution < 1.29 is 13.2 Å². The van der Waals surface area contributed by atoms with E-state index in [0.717, 1.165) is 13.0 Å². The predicted molar refractivity (Wildman–Crippen MR) is 83.0 cm³/mol. The Morgan fingerprint density at radius 3 is 2.52 bits per heavy atom. The first kappa shape index (κ1) is 17.9. The van der Waals surface area contributed by atoms with Crippen LogP contribution < -0.4 is 11.1 Å². The van der Waals surface area contributed by atoms with E-state index in [2.05, 4.69) is 5.32 Å². The van der Waals surface area contributed by atoms with Gasteiger partial charge in [-0.05, 0) is 50.2 Å². The Hall–Kier alpha value is -1.15. The summed E-state index contributed by atoms with van der Waals surface area (Å²) in [4.78, 5) is 11.2. The first-order valence-electron chi connectivity index (χ1n) is 6.49. The zero-order valence-electron chi connectivity index (χ0n) is 11.8. The number of carbonyl (C=O) groups is 1. The molecule has 1 fully saturated rings. The van der Waals surface area contributed by atoms with E-state index in [0.29, 0.717) is 24.6 Å². The van der Waals surface area contributed by atoms with E-state index >= 15 is 0 Å². The van der Waals surface area contributed by atoms with Crippen LogP contribution in [0.4, 0.5) is 0 Å². The molecule has 1 unspecified atom stereocenters. The maximum atomic E-state index is 12.5. The van der Waals surface area contributed by atoms with Gasteiger partial charge in [-0.25, -0.2) is 8.42 Å². The van der Waals surface area contributed by atoms with E-state index in [1.54, 1.807) is 0 Å². The van der Waals surface area contributed by atoms with Crippen molar-refractivity contribution in [2.24, 2.45) is 11.7 Å². The molecule has 0 bridgehead atoms. The van der Waals surface area contributed by atoms with Crippen LogP contribution in [0, 0.1) is 5.92 Å². The molecule has 118 valence electrons. The third-order valence-corrected chi connectivity index (χ3v) is 5.40. The largest absolute Gasteiger partial charge is 0.366 e. The van der Waals surface area contributed by atoms with Crippen molar-refractivity contribution in [3.8, 4) is 0 Å². The third kappa shape index (κ3) is 3.94. The number of nitrogens with two attached hydrogens (primary N) is 1. The van der Waals surface area contributed by atoms with Gasteiger partial charge < -0.3 is 11.1 Å². The average molecular weight is 334 g/mol. The number of primary amides is 1. The number of amides is 1. The van der Waals surface area contributed by atoms with Gasteiger partial charge in [0.15, 0.2) is 0 Å². The Balaban J connectivity index is 0.00000220. The molecule has 21 heavy (non-hydrogen) atoms. The Morgan fingerprint density at radius 1 is 1.38 bits per heavy atom. The predicted octanol–water partition coefficient (Wildman–Crippen LogP) is 0.437. The molecule has 1 atom stereocenters. The number of hydrogen-bond donors (Lipinski definition) is 2. The molecule has 3 N–H and O–H groups in total. The molecule has 1 saturated heterocycles. The Labute approximate surface area is 131 Å². The lowest BCUT2D eigenvalue weighted by atomic mass is 10.1. The molecule has 0 saturated carbocycles. The van der Waals surface area contributed by atoms with Gasteiger partial charge in [-0.2, -0.15) is 4.31 Å². The maximum Gasteiger partial charge on any atom is 0.248 e. The van der Waals surface area contributed by atoms with Gasteiger partial charge in [0.25, 0.3) is 0 Å². The fraction of sp³-hybridized carbons (Fsp3) is 0.462. The molecular formula is C13H20ClN3O3S. The normalized spacial score (nSPS) is 19.2. The Bertz CT molecular complexity index is 589. The highest BCUT2D eigenvalue weighted by Gasteiger charge is 2.32. The quantitative estimate of drug-likeness (QED) is 0.817. The Kier molecular flexibility index (Phi) is 6.15. The van der Waals surface area contributed by atoms with Gasteiger partial charge in [0.2, 0.25) is 15.9 Å². The van der Waals surface area contributed by atoms with E-state index in [-0.39, 0.29) is 17.3 Å². The van der Waals surface area contributed by atoms with Crippen LogP contribution >= 0.6 is 12.4 Å². The molecule has 1 aromatic rings. The number of sulfonamides is 1. The van der Waals surface area contributed by atoms with Gasteiger partial charge in [-0.1, -0.05) is 0 Å². The second kappa shape index (κ2) is 7.22. The standard InChI is InChI=1S/C13H19N3O3S.ClH/c1-15-8-10-6-7-16(9-10)20(18,19)12-4-2-11(3-5-12)13(14)17;/h2-5,10,15H,6-9H2,1H3,(H2,14,17);1H. The lowest BCUT2D eigenvalue weighted by molar-refractivity contribution is 0.1000. The highest BCUT2D eigenvalue weighted by atomic mass is 35.5. The summed E-state index contributed by atoms with van der Waals surface area (Å²) in [5.74, 6) is -0.219. The number of nitrogens with one attached hydrogen (secondary N) is 1. The van der Waals surface area contributed by atoms with Gasteiger partial charge >= 0.3 is 0 Å². The molecule has 0 aromatic heterocycles. The summed E-state index contributed by atoms with van der Waals surface area (Å²) in [6.07, 6.45) is 0.861. The summed E-state index contributed by atoms with van der Waals surface area (Å²) in [6, 6.07) is 5.74. The molecule has 0 aliphatic carbocycles. The van der Waals surface area contributed by atoms with E-state index in [4.69, 9.17) is 5.73 Å². The fourth-order valence-electron chi connectivity index (χ4n) is 2.41. The van der Waals surface area contributed by atoms with Gasteiger partial charge in [-0.3, -0.25) is 4.79 Å². The molecule has 1 aliphatic rings. The lowest BCUT2D eigenvalue weighted by Gasteiger charge is -2.16. The highest BCUT2D eigenvalue weighted by molar-refractivity contribution is 7.89. The zero-order valence-corrected chi connectivity index (χ0v) is 13.4. The smallest absolute Gasteiger partial charge is 0.248 e. The van der Waals surface area contributed by atoms with Crippen LogP contribution in [0.15, 0.2) is 29.2 Å². The second-order valence-electron chi connectivity index (χ2n) is 4.96. The summed E-state index contributed by atoms with van der Waals surface area (Å²) >= 11 is 0. The van der Waals surface area contributed by atoms with Crippen molar-refractivity contribution in [1.82, 2.24) is 9.62 Å². The van der Waals surface area contributed by atoms with E-state index in [9.17, 15) is 13.2 Å². The number of carbonyl (C=O) groups excluding carboxylic acids is 1. The van der Waals surface area contributed by atoms with E-state index in [1.807, 2.05) is 7.05 Å². The summed E-state index contributed by atoms with van der Waals surface area (Å²) in [5.41, 5.74) is 5.44. The minimum atomic E-state index is -3.48. The van der Waals surface area contributed by atoms with Crippen LogP contribution in [-0.4, -0.2) is 45.3 Å². The summed E-state index contributed by atoms with van der Waals surface area (Å²) in [5, 5.41) is 3.07. The number of halogens is 1. The molecule has 1 amide bonds. The number of benzene rings is 1. The molecule has 1 aromatic carbocycles. The molecule has 8 heteroatoms. The second-order valence-corrected chi connectivity index (χ2v) is 6.90. The molecule has 6 nitrogen and oxygen atoms in total. The summed E-state index contributed by atoms with van der Waals surface area (Å²) in [7, 11) is -1.62. The SMILES string of the molecule is CNCC1CCN(S(=O)(=O)c2ccc(C(N)=O)cc2)C1.Cl. The van der Waals surface area contributed by atoms with Crippen molar-refractivity contribution >= 4 is 28.3 Å². The topological polar surface area (TPSA) is 92.5 Å². The minimum absolute atomic E-state index is 0.